The minimum absolute atomic E-state index is 0.187. The Morgan fingerprint density at radius 2 is 1.57 bits per heavy atom. The molecule has 2 nitrogen and oxygen atoms in total. The summed E-state index contributed by atoms with van der Waals surface area (Å²) in [6, 6.07) is 12.7. The van der Waals surface area contributed by atoms with Gasteiger partial charge in [-0.3, -0.25) is 0 Å². The highest BCUT2D eigenvalue weighted by atomic mass is 79.9. The van der Waals surface area contributed by atoms with Crippen LogP contribution in [0.5, 0.6) is 0 Å². The van der Waals surface area contributed by atoms with Crippen LogP contribution in [-0.4, -0.2) is 23.4 Å². The summed E-state index contributed by atoms with van der Waals surface area (Å²) in [5, 5.41) is 20.9. The SMILES string of the molecule is OCC(CO)(Cc1cc(Cl)ccc1Cl)c1ccc(Br)cc1. The van der Waals surface area contributed by atoms with Crippen LogP contribution in [0.4, 0.5) is 0 Å². The van der Waals surface area contributed by atoms with E-state index in [0.29, 0.717) is 16.5 Å². The average molecular weight is 390 g/mol. The fourth-order valence-electron chi connectivity index (χ4n) is 2.29. The molecule has 0 aliphatic rings. The second-order valence-electron chi connectivity index (χ2n) is 5.02. The molecule has 0 atom stereocenters. The van der Waals surface area contributed by atoms with Crippen molar-refractivity contribution in [2.75, 3.05) is 13.2 Å². The number of aliphatic hydroxyl groups excluding tert-OH is 2. The topological polar surface area (TPSA) is 40.5 Å². The molecule has 0 spiro atoms. The molecule has 0 bridgehead atoms. The van der Waals surface area contributed by atoms with E-state index in [9.17, 15) is 10.2 Å². The number of aliphatic hydroxyl groups is 2. The maximum Gasteiger partial charge on any atom is 0.0553 e. The molecule has 5 heteroatoms. The van der Waals surface area contributed by atoms with Gasteiger partial charge in [-0.15, -0.1) is 0 Å². The number of benzene rings is 2. The van der Waals surface area contributed by atoms with Gasteiger partial charge >= 0.3 is 0 Å². The first kappa shape index (κ1) is 16.8. The first-order valence-electron chi connectivity index (χ1n) is 6.42. The van der Waals surface area contributed by atoms with Crippen LogP contribution in [0.15, 0.2) is 46.9 Å². The van der Waals surface area contributed by atoms with Crippen molar-refractivity contribution < 1.29 is 10.2 Å². The largest absolute Gasteiger partial charge is 0.395 e. The van der Waals surface area contributed by atoms with Crippen LogP contribution in [0.2, 0.25) is 10.0 Å². The smallest absolute Gasteiger partial charge is 0.0553 e. The first-order valence-corrected chi connectivity index (χ1v) is 7.97. The van der Waals surface area contributed by atoms with Crippen LogP contribution in [0, 0.1) is 0 Å². The molecule has 0 aliphatic carbocycles. The first-order chi connectivity index (χ1) is 10.0. The van der Waals surface area contributed by atoms with Gasteiger partial charge in [0.15, 0.2) is 0 Å². The lowest BCUT2D eigenvalue weighted by Crippen LogP contribution is -2.37. The molecule has 0 aliphatic heterocycles. The van der Waals surface area contributed by atoms with Gasteiger partial charge in [-0.2, -0.15) is 0 Å². The Morgan fingerprint density at radius 3 is 2.14 bits per heavy atom. The van der Waals surface area contributed by atoms with Gasteiger partial charge in [-0.1, -0.05) is 51.3 Å². The molecule has 0 aromatic heterocycles. The summed E-state index contributed by atoms with van der Waals surface area (Å²) in [5.74, 6) is 0. The molecule has 112 valence electrons. The van der Waals surface area contributed by atoms with Crippen LogP contribution in [0.3, 0.4) is 0 Å². The summed E-state index contributed by atoms with van der Waals surface area (Å²) < 4.78 is 0.941. The van der Waals surface area contributed by atoms with E-state index in [-0.39, 0.29) is 13.2 Å². The molecule has 0 saturated heterocycles. The zero-order valence-electron chi connectivity index (χ0n) is 11.2. The van der Waals surface area contributed by atoms with Crippen LogP contribution in [0.25, 0.3) is 0 Å². The maximum absolute atomic E-state index is 9.87. The summed E-state index contributed by atoms with van der Waals surface area (Å²) in [7, 11) is 0. The summed E-state index contributed by atoms with van der Waals surface area (Å²) in [4.78, 5) is 0. The van der Waals surface area contributed by atoms with Crippen LogP contribution in [0.1, 0.15) is 11.1 Å². The fourth-order valence-corrected chi connectivity index (χ4v) is 2.94. The summed E-state index contributed by atoms with van der Waals surface area (Å²) in [6.45, 7) is -0.373. The number of rotatable bonds is 5. The Labute approximate surface area is 142 Å². The highest BCUT2D eigenvalue weighted by molar-refractivity contribution is 9.10. The predicted octanol–water partition coefficient (Wildman–Crippen LogP) is 4.22. The highest BCUT2D eigenvalue weighted by Gasteiger charge is 2.32. The molecule has 0 amide bonds. The quantitative estimate of drug-likeness (QED) is 0.803. The van der Waals surface area contributed by atoms with Crippen LogP contribution in [-0.2, 0) is 11.8 Å². The Hall–Kier alpha value is -0.580. The van der Waals surface area contributed by atoms with Gasteiger partial charge in [0.25, 0.3) is 0 Å². The molecule has 0 saturated carbocycles. The Balaban J connectivity index is 2.42. The van der Waals surface area contributed by atoms with Gasteiger partial charge < -0.3 is 10.2 Å². The second-order valence-corrected chi connectivity index (χ2v) is 6.78. The Kier molecular flexibility index (Phi) is 5.69. The van der Waals surface area contributed by atoms with Gasteiger partial charge in [0.1, 0.15) is 0 Å². The van der Waals surface area contributed by atoms with Crippen molar-refractivity contribution in [3.63, 3.8) is 0 Å². The maximum atomic E-state index is 9.87. The molecule has 2 rings (SSSR count). The lowest BCUT2D eigenvalue weighted by atomic mass is 9.77. The molecule has 2 aromatic carbocycles. The Bertz CT molecular complexity index is 610. The molecule has 0 unspecified atom stereocenters. The van der Waals surface area contributed by atoms with Crippen molar-refractivity contribution in [2.45, 2.75) is 11.8 Å². The Morgan fingerprint density at radius 1 is 0.952 bits per heavy atom. The minimum Gasteiger partial charge on any atom is -0.395 e. The van der Waals surface area contributed by atoms with E-state index in [1.807, 2.05) is 24.3 Å². The lowest BCUT2D eigenvalue weighted by molar-refractivity contribution is 0.116. The van der Waals surface area contributed by atoms with Crippen molar-refractivity contribution in [3.8, 4) is 0 Å². The third-order valence-corrected chi connectivity index (χ3v) is 4.73. The van der Waals surface area contributed by atoms with Gasteiger partial charge in [0.2, 0.25) is 0 Å². The summed E-state index contributed by atoms with van der Waals surface area (Å²) in [6.07, 6.45) is 0.404. The van der Waals surface area contributed by atoms with Gasteiger partial charge in [-0.25, -0.2) is 0 Å². The monoisotopic (exact) mass is 388 g/mol. The van der Waals surface area contributed by atoms with E-state index in [1.165, 1.54) is 0 Å². The van der Waals surface area contributed by atoms with E-state index in [0.717, 1.165) is 15.6 Å². The van der Waals surface area contributed by atoms with E-state index in [2.05, 4.69) is 15.9 Å². The zero-order valence-corrected chi connectivity index (χ0v) is 14.3. The molecule has 21 heavy (non-hydrogen) atoms. The number of halogens is 3. The molecule has 0 radical (unpaired) electrons. The van der Waals surface area contributed by atoms with Crippen LogP contribution >= 0.6 is 39.1 Å². The molecular weight excluding hydrogens is 375 g/mol. The van der Waals surface area contributed by atoms with Gasteiger partial charge in [0, 0.05) is 19.9 Å². The predicted molar refractivity (Wildman–Crippen MR) is 90.2 cm³/mol. The van der Waals surface area contributed by atoms with E-state index in [4.69, 9.17) is 23.2 Å². The molecule has 0 fully saturated rings. The lowest BCUT2D eigenvalue weighted by Gasteiger charge is -2.31. The number of hydrogen-bond donors (Lipinski definition) is 2. The highest BCUT2D eigenvalue weighted by Crippen LogP contribution is 2.32. The molecular formula is C16H15BrCl2O2. The molecule has 2 aromatic rings. The van der Waals surface area contributed by atoms with Gasteiger partial charge in [-0.05, 0) is 47.9 Å². The minimum atomic E-state index is -0.797. The van der Waals surface area contributed by atoms with Crippen molar-refractivity contribution >= 4 is 39.1 Å². The normalized spacial score (nSPS) is 11.7. The van der Waals surface area contributed by atoms with E-state index < -0.39 is 5.41 Å². The number of hydrogen-bond acceptors (Lipinski definition) is 2. The van der Waals surface area contributed by atoms with E-state index in [1.54, 1.807) is 18.2 Å². The second kappa shape index (κ2) is 7.12. The van der Waals surface area contributed by atoms with Crippen LogP contribution < -0.4 is 0 Å². The third-order valence-electron chi connectivity index (χ3n) is 3.60. The third kappa shape index (κ3) is 3.79. The van der Waals surface area contributed by atoms with Crippen molar-refractivity contribution in [3.05, 3.63) is 68.1 Å². The average Bonchev–Trinajstić information content (AvgIpc) is 2.49. The summed E-state index contributed by atoms with van der Waals surface area (Å²) >= 11 is 15.6. The standard InChI is InChI=1S/C16H15BrCl2O2/c17-13-3-1-12(2-4-13)16(9-20,10-21)8-11-7-14(18)5-6-15(11)19/h1-7,20-21H,8-10H2. The molecule has 2 N–H and O–H groups in total. The van der Waals surface area contributed by atoms with E-state index >= 15 is 0 Å². The zero-order chi connectivity index (χ0) is 15.5. The van der Waals surface area contributed by atoms with Crippen molar-refractivity contribution in [1.82, 2.24) is 0 Å². The fraction of sp³-hybridized carbons (Fsp3) is 0.250. The van der Waals surface area contributed by atoms with Crippen molar-refractivity contribution in [1.29, 1.82) is 0 Å². The molecule has 0 heterocycles. The van der Waals surface area contributed by atoms with Gasteiger partial charge in [0.05, 0.1) is 13.2 Å². The summed E-state index contributed by atoms with van der Waals surface area (Å²) in [5.41, 5.74) is 0.858. The van der Waals surface area contributed by atoms with Crippen molar-refractivity contribution in [2.24, 2.45) is 0 Å².